The monoisotopic (exact) mass is 509 g/mol. The van der Waals surface area contributed by atoms with Crippen LogP contribution in [0.4, 0.5) is 0 Å². The topological polar surface area (TPSA) is 52.9 Å². The molecule has 0 aliphatic carbocycles. The number of nitrogens with zero attached hydrogens (tertiary/aromatic N) is 4. The molecule has 0 spiro atoms. The van der Waals surface area contributed by atoms with Gasteiger partial charge in [-0.25, -0.2) is 6.17 Å². The van der Waals surface area contributed by atoms with E-state index in [-0.39, 0.29) is 17.2 Å². The molecule has 0 saturated carbocycles. The van der Waals surface area contributed by atoms with Crippen molar-refractivity contribution in [3.63, 3.8) is 0 Å². The average molecular weight is 508 g/mol. The van der Waals surface area contributed by atoms with Crippen LogP contribution in [0.3, 0.4) is 0 Å². The minimum absolute atomic E-state index is 0.148. The standard InChI is InChI=1S/C11H24N2.2C5H11N.C4H9.Mo/c1-7-10(6)11(12-8(2)3)13-9(4)5;2*1-4-5(2,3)6;1-3-4-2;/h8-11H,7H2,1-6H3;2*4H2,1-3H3;3H,4H2,1-2H3;/q-2;;;-1;. The Hall–Kier alpha value is 0.208. The van der Waals surface area contributed by atoms with Crippen molar-refractivity contribution >= 4 is 0 Å². The summed E-state index contributed by atoms with van der Waals surface area (Å²) >= 11 is -0.492. The van der Waals surface area contributed by atoms with Gasteiger partial charge in [-0.05, 0) is 0 Å². The van der Waals surface area contributed by atoms with Gasteiger partial charge in [-0.1, -0.05) is 60.8 Å². The average Bonchev–Trinajstić information content (AvgIpc) is 2.66. The second-order valence-corrected chi connectivity index (χ2v) is 11.0. The summed E-state index contributed by atoms with van der Waals surface area (Å²) in [5.74, 6) is 0.574. The largest absolute Gasteiger partial charge is 0.675 e. The molecule has 0 bridgehead atoms. The van der Waals surface area contributed by atoms with Crippen LogP contribution >= 0.6 is 0 Å². The molecule has 30 heavy (non-hydrogen) atoms. The maximum atomic E-state index is 4.67. The molecule has 0 heterocycles. The summed E-state index contributed by atoms with van der Waals surface area (Å²) in [6.07, 6.45) is 6.89. The molecule has 4 nitrogen and oxygen atoms in total. The van der Waals surface area contributed by atoms with Crippen LogP contribution in [-0.2, 0) is 18.2 Å². The Labute approximate surface area is 199 Å². The van der Waals surface area contributed by atoms with Crippen LogP contribution in [0.15, 0.2) is 6.99 Å². The summed E-state index contributed by atoms with van der Waals surface area (Å²) in [7, 11) is 0. The van der Waals surface area contributed by atoms with Crippen LogP contribution in [0.2, 0.25) is 0 Å². The third-order valence-electron chi connectivity index (χ3n) is 4.77. The van der Waals surface area contributed by atoms with E-state index in [1.165, 1.54) is 6.42 Å². The van der Waals surface area contributed by atoms with Gasteiger partial charge >= 0.3 is 90.7 Å². The summed E-state index contributed by atoms with van der Waals surface area (Å²) in [5, 5.41) is 9.24. The fourth-order valence-corrected chi connectivity index (χ4v) is 3.35. The van der Waals surface area contributed by atoms with Gasteiger partial charge in [-0.3, -0.25) is 0 Å². The van der Waals surface area contributed by atoms with Crippen LogP contribution in [0, 0.1) is 12.3 Å². The number of hydrogen-bond acceptors (Lipinski definition) is 2. The first kappa shape index (κ1) is 34.8. The molecule has 0 aromatic heterocycles. The first-order valence-electron chi connectivity index (χ1n) is 12.0. The zero-order chi connectivity index (χ0) is 24.4. The minimum atomic E-state index is -0.492. The van der Waals surface area contributed by atoms with Crippen molar-refractivity contribution in [2.24, 2.45) is 12.9 Å². The molecule has 0 radical (unpaired) electrons. The van der Waals surface area contributed by atoms with Crippen LogP contribution in [-0.4, -0.2) is 29.3 Å². The van der Waals surface area contributed by atoms with E-state index in [0.29, 0.717) is 18.0 Å². The van der Waals surface area contributed by atoms with E-state index in [9.17, 15) is 0 Å². The van der Waals surface area contributed by atoms with E-state index in [1.54, 1.807) is 0 Å². The van der Waals surface area contributed by atoms with Gasteiger partial charge in [0.25, 0.3) is 0 Å². The minimum Gasteiger partial charge on any atom is -0.675 e. The zero-order valence-corrected chi connectivity index (χ0v) is 24.9. The zero-order valence-electron chi connectivity index (χ0n) is 22.9. The maximum absolute atomic E-state index is 4.67. The molecular weight excluding hydrogens is 452 g/mol. The SMILES string of the molecule is CCC(C)(C)[N]=[Mo]=[N]C(C)(C)CC.CCC(C)C([N-]C(C)C)[N-]C(C)C.C[CH-]CC. The summed E-state index contributed by atoms with van der Waals surface area (Å²) < 4.78 is 9.34. The molecule has 0 amide bonds. The molecule has 184 valence electrons. The Morgan fingerprint density at radius 3 is 1.30 bits per heavy atom. The quantitative estimate of drug-likeness (QED) is 0.198. The molecule has 0 rings (SSSR count). The van der Waals surface area contributed by atoms with Gasteiger partial charge < -0.3 is 17.1 Å². The van der Waals surface area contributed by atoms with E-state index in [1.807, 2.05) is 0 Å². The third-order valence-corrected chi connectivity index (χ3v) is 7.60. The summed E-state index contributed by atoms with van der Waals surface area (Å²) in [6, 6.07) is 0.781. The molecule has 0 aromatic rings. The molecule has 0 saturated heterocycles. The fraction of sp³-hybridized carbons (Fsp3) is 0.960. The van der Waals surface area contributed by atoms with Crippen molar-refractivity contribution in [2.45, 2.75) is 152 Å². The smallest absolute Gasteiger partial charge is 0.0566 e. The summed E-state index contributed by atoms with van der Waals surface area (Å²) in [6.45, 7) is 30.2. The van der Waals surface area contributed by atoms with E-state index < -0.39 is 18.2 Å². The van der Waals surface area contributed by atoms with Gasteiger partial charge in [0.15, 0.2) is 0 Å². The molecule has 0 aliphatic heterocycles. The van der Waals surface area contributed by atoms with Crippen LogP contribution < -0.4 is 0 Å². The van der Waals surface area contributed by atoms with E-state index in [4.69, 9.17) is 0 Å². The second kappa shape index (κ2) is 19.9. The maximum Gasteiger partial charge on any atom is -0.0566 e. The Balaban J connectivity index is -0.000000412. The van der Waals surface area contributed by atoms with Crippen molar-refractivity contribution in [3.05, 3.63) is 17.1 Å². The normalized spacial score (nSPS) is 12.7. The number of rotatable bonds is 11. The summed E-state index contributed by atoms with van der Waals surface area (Å²) in [5.41, 5.74) is 0.297. The van der Waals surface area contributed by atoms with Crippen LogP contribution in [0.1, 0.15) is 123 Å². The molecule has 0 N–H and O–H groups in total. The predicted octanol–water partition coefficient (Wildman–Crippen LogP) is 9.36. The first-order chi connectivity index (χ1) is 13.7. The third kappa shape index (κ3) is 24.5. The van der Waals surface area contributed by atoms with Crippen molar-refractivity contribution in [1.82, 2.24) is 0 Å². The van der Waals surface area contributed by atoms with E-state index in [0.717, 1.165) is 19.3 Å². The Morgan fingerprint density at radius 2 is 1.10 bits per heavy atom. The molecular formula is C25H55MoN4-3. The first-order valence-corrected chi connectivity index (χ1v) is 13.8. The Bertz CT molecular complexity index is 406. The van der Waals surface area contributed by atoms with Crippen molar-refractivity contribution in [1.29, 1.82) is 0 Å². The van der Waals surface area contributed by atoms with Gasteiger partial charge in [0.05, 0.1) is 0 Å². The number of unbranched alkanes of at least 4 members (excludes halogenated alkanes) is 1. The van der Waals surface area contributed by atoms with Gasteiger partial charge in [0.1, 0.15) is 0 Å². The molecule has 0 aliphatic rings. The molecule has 1 unspecified atom stereocenters. The van der Waals surface area contributed by atoms with Gasteiger partial charge in [0, 0.05) is 0 Å². The van der Waals surface area contributed by atoms with Gasteiger partial charge in [0.2, 0.25) is 0 Å². The van der Waals surface area contributed by atoms with Gasteiger partial charge in [-0.15, -0.1) is 12.1 Å². The van der Waals surface area contributed by atoms with E-state index in [2.05, 4.69) is 121 Å². The van der Waals surface area contributed by atoms with Crippen molar-refractivity contribution < 1.29 is 18.2 Å². The summed E-state index contributed by atoms with van der Waals surface area (Å²) in [4.78, 5) is 0. The molecule has 0 aromatic carbocycles. The molecule has 5 heteroatoms. The Kier molecular flexibility index (Phi) is 23.0. The predicted molar refractivity (Wildman–Crippen MR) is 134 cm³/mol. The van der Waals surface area contributed by atoms with E-state index >= 15 is 0 Å². The number of hydrogen-bond donors (Lipinski definition) is 0. The fourth-order valence-electron chi connectivity index (χ4n) is 1.52. The van der Waals surface area contributed by atoms with Crippen molar-refractivity contribution in [2.75, 3.05) is 0 Å². The second-order valence-electron chi connectivity index (χ2n) is 9.70. The Morgan fingerprint density at radius 1 is 0.767 bits per heavy atom. The van der Waals surface area contributed by atoms with Crippen LogP contribution in [0.5, 0.6) is 0 Å². The van der Waals surface area contributed by atoms with Gasteiger partial charge in [-0.2, -0.15) is 13.3 Å². The van der Waals surface area contributed by atoms with Crippen molar-refractivity contribution in [3.8, 4) is 0 Å². The molecule has 1 atom stereocenters. The van der Waals surface area contributed by atoms with Crippen LogP contribution in [0.25, 0.3) is 10.6 Å². The molecule has 0 fully saturated rings.